The Labute approximate surface area is 168 Å². The van der Waals surface area contributed by atoms with Crippen molar-refractivity contribution >= 4 is 40.5 Å². The van der Waals surface area contributed by atoms with E-state index in [2.05, 4.69) is 20.7 Å². The molecule has 1 saturated heterocycles. The molecule has 3 heterocycles. The maximum absolute atomic E-state index is 12.7. The summed E-state index contributed by atoms with van der Waals surface area (Å²) in [6.07, 6.45) is 4.38. The molecule has 28 heavy (non-hydrogen) atoms. The van der Waals surface area contributed by atoms with Crippen LogP contribution in [-0.4, -0.2) is 58.8 Å². The summed E-state index contributed by atoms with van der Waals surface area (Å²) in [5.74, 6) is 0.766. The summed E-state index contributed by atoms with van der Waals surface area (Å²) < 4.78 is 1.73. The quantitative estimate of drug-likeness (QED) is 0.704. The lowest BCUT2D eigenvalue weighted by molar-refractivity contribution is 0.222. The van der Waals surface area contributed by atoms with E-state index in [1.54, 1.807) is 21.7 Å². The molecule has 3 aromatic rings. The fraction of sp³-hybridized carbons (Fsp3) is 0.316. The van der Waals surface area contributed by atoms with Crippen LogP contribution in [0.25, 0.3) is 5.65 Å². The molecule has 146 valence electrons. The molecule has 1 fully saturated rings. The number of aromatic nitrogens is 3. The number of carbonyl (C=O) groups is 1. The van der Waals surface area contributed by atoms with E-state index in [0.29, 0.717) is 23.8 Å². The molecule has 2 amide bonds. The second-order valence-corrected chi connectivity index (χ2v) is 7.45. The molecule has 2 N–H and O–H groups in total. The lowest BCUT2D eigenvalue weighted by Gasteiger charge is -2.22. The molecule has 1 aliphatic heterocycles. The van der Waals surface area contributed by atoms with Crippen molar-refractivity contribution in [2.75, 3.05) is 42.7 Å². The summed E-state index contributed by atoms with van der Waals surface area (Å²) in [5, 5.41) is 11.5. The number of benzene rings is 1. The third kappa shape index (κ3) is 3.82. The van der Waals surface area contributed by atoms with Gasteiger partial charge in [-0.25, -0.2) is 14.3 Å². The van der Waals surface area contributed by atoms with Gasteiger partial charge >= 0.3 is 6.03 Å². The minimum absolute atomic E-state index is 0.132. The summed E-state index contributed by atoms with van der Waals surface area (Å²) in [5.41, 5.74) is 2.41. The van der Waals surface area contributed by atoms with Crippen LogP contribution in [0.4, 0.5) is 22.0 Å². The smallest absolute Gasteiger partial charge is 0.321 e. The highest BCUT2D eigenvalue weighted by Gasteiger charge is 2.27. The maximum Gasteiger partial charge on any atom is 0.321 e. The number of hydrogen-bond acceptors (Lipinski definition) is 5. The number of halogens is 1. The Bertz CT molecular complexity index is 1000. The number of hydrogen-bond donors (Lipinski definition) is 2. The van der Waals surface area contributed by atoms with E-state index in [1.165, 1.54) is 0 Å². The predicted molar refractivity (Wildman–Crippen MR) is 111 cm³/mol. The molecule has 4 rings (SSSR count). The number of imidazole rings is 1. The van der Waals surface area contributed by atoms with Crippen molar-refractivity contribution < 1.29 is 4.79 Å². The molecular formula is C19H22ClN7O. The van der Waals surface area contributed by atoms with E-state index in [9.17, 15) is 4.79 Å². The van der Waals surface area contributed by atoms with E-state index in [4.69, 9.17) is 11.6 Å². The number of anilines is 3. The van der Waals surface area contributed by atoms with Crippen molar-refractivity contribution in [3.8, 4) is 0 Å². The number of likely N-dealkylation sites (tertiary alicyclic amines) is 1. The first-order chi connectivity index (χ1) is 13.5. The van der Waals surface area contributed by atoms with Gasteiger partial charge in [0.25, 0.3) is 0 Å². The van der Waals surface area contributed by atoms with Gasteiger partial charge in [0.2, 0.25) is 0 Å². The standard InChI is InChI=1S/C19H22ClN7O/c1-25(2)16-4-3-13(20)11-15(16)23-19(28)26-9-7-14(12-26)22-17-5-6-18-21-8-10-27(18)24-17/h3-6,8,10-11,14H,7,9,12H2,1-2H3,(H,22,24)(H,23,28). The molecule has 1 aliphatic rings. The van der Waals surface area contributed by atoms with E-state index >= 15 is 0 Å². The number of carbonyl (C=O) groups excluding carboxylic acids is 1. The van der Waals surface area contributed by atoms with Gasteiger partial charge in [-0.3, -0.25) is 0 Å². The Kier molecular flexibility index (Phi) is 4.95. The van der Waals surface area contributed by atoms with Gasteiger partial charge in [0.15, 0.2) is 5.65 Å². The molecule has 1 unspecified atom stereocenters. The molecule has 1 atom stereocenters. The van der Waals surface area contributed by atoms with Crippen molar-refractivity contribution in [2.45, 2.75) is 12.5 Å². The summed E-state index contributed by atoms with van der Waals surface area (Å²) in [7, 11) is 3.86. The SMILES string of the molecule is CN(C)c1ccc(Cl)cc1NC(=O)N1CCC(Nc2ccc3nccn3n2)C1. The maximum atomic E-state index is 12.7. The molecule has 9 heteroatoms. The van der Waals surface area contributed by atoms with Gasteiger partial charge in [-0.05, 0) is 36.8 Å². The largest absolute Gasteiger partial charge is 0.376 e. The second-order valence-electron chi connectivity index (χ2n) is 7.01. The molecule has 0 aliphatic carbocycles. The predicted octanol–water partition coefficient (Wildman–Crippen LogP) is 3.17. The summed E-state index contributed by atoms with van der Waals surface area (Å²) >= 11 is 6.10. The molecule has 0 spiro atoms. The molecule has 8 nitrogen and oxygen atoms in total. The number of rotatable bonds is 4. The van der Waals surface area contributed by atoms with Crippen molar-refractivity contribution in [3.05, 3.63) is 47.7 Å². The first-order valence-electron chi connectivity index (χ1n) is 9.09. The van der Waals surface area contributed by atoms with Gasteiger partial charge in [-0.1, -0.05) is 11.6 Å². The highest BCUT2D eigenvalue weighted by Crippen LogP contribution is 2.28. The highest BCUT2D eigenvalue weighted by molar-refractivity contribution is 6.31. The van der Waals surface area contributed by atoms with Crippen LogP contribution < -0.4 is 15.5 Å². The normalized spacial score (nSPS) is 16.4. The molecular weight excluding hydrogens is 378 g/mol. The number of amides is 2. The topological polar surface area (TPSA) is 77.8 Å². The van der Waals surface area contributed by atoms with Gasteiger partial charge in [0.05, 0.1) is 11.4 Å². The minimum atomic E-state index is -0.132. The van der Waals surface area contributed by atoms with Crippen LogP contribution in [0.3, 0.4) is 0 Å². The number of nitrogens with one attached hydrogen (secondary N) is 2. The van der Waals surface area contributed by atoms with Gasteiger partial charge < -0.3 is 20.4 Å². The summed E-state index contributed by atoms with van der Waals surface area (Å²) in [6, 6.07) is 9.30. The van der Waals surface area contributed by atoms with Crippen molar-refractivity contribution in [1.82, 2.24) is 19.5 Å². The van der Waals surface area contributed by atoms with E-state index < -0.39 is 0 Å². The van der Waals surface area contributed by atoms with Crippen LogP contribution in [0.1, 0.15) is 6.42 Å². The molecule has 0 saturated carbocycles. The molecule has 0 radical (unpaired) electrons. The van der Waals surface area contributed by atoms with Gasteiger partial charge in [0, 0.05) is 50.6 Å². The second kappa shape index (κ2) is 7.55. The average molecular weight is 400 g/mol. The minimum Gasteiger partial charge on any atom is -0.376 e. The molecule has 1 aromatic carbocycles. The molecule has 0 bridgehead atoms. The van der Waals surface area contributed by atoms with Crippen LogP contribution in [0.15, 0.2) is 42.7 Å². The van der Waals surface area contributed by atoms with Crippen molar-refractivity contribution in [1.29, 1.82) is 0 Å². The van der Waals surface area contributed by atoms with Crippen molar-refractivity contribution in [3.63, 3.8) is 0 Å². The molecule has 2 aromatic heterocycles. The lowest BCUT2D eigenvalue weighted by atomic mass is 10.2. The number of nitrogens with zero attached hydrogens (tertiary/aromatic N) is 5. The Balaban J connectivity index is 1.40. The Morgan fingerprint density at radius 1 is 1.29 bits per heavy atom. The Hall–Kier alpha value is -3.00. The average Bonchev–Trinajstić information content (AvgIpc) is 3.30. The van der Waals surface area contributed by atoms with E-state index in [-0.39, 0.29) is 12.1 Å². The zero-order chi connectivity index (χ0) is 19.7. The summed E-state index contributed by atoms with van der Waals surface area (Å²) in [6.45, 7) is 1.28. The van der Waals surface area contributed by atoms with Gasteiger partial charge in [-0.15, -0.1) is 5.10 Å². The van der Waals surface area contributed by atoms with Crippen LogP contribution in [0.5, 0.6) is 0 Å². The van der Waals surface area contributed by atoms with Crippen LogP contribution in [0, 0.1) is 0 Å². The van der Waals surface area contributed by atoms with Crippen LogP contribution >= 0.6 is 11.6 Å². The zero-order valence-corrected chi connectivity index (χ0v) is 16.5. The zero-order valence-electron chi connectivity index (χ0n) is 15.8. The van der Waals surface area contributed by atoms with Gasteiger partial charge in [0.1, 0.15) is 5.82 Å². The number of urea groups is 1. The fourth-order valence-electron chi connectivity index (χ4n) is 3.36. The van der Waals surface area contributed by atoms with Crippen LogP contribution in [0.2, 0.25) is 5.02 Å². The monoisotopic (exact) mass is 399 g/mol. The van der Waals surface area contributed by atoms with Gasteiger partial charge in [-0.2, -0.15) is 0 Å². The third-order valence-electron chi connectivity index (χ3n) is 4.76. The Morgan fingerprint density at radius 2 is 2.14 bits per heavy atom. The highest BCUT2D eigenvalue weighted by atomic mass is 35.5. The third-order valence-corrected chi connectivity index (χ3v) is 5.00. The van der Waals surface area contributed by atoms with E-state index in [1.807, 2.05) is 49.5 Å². The first kappa shape index (κ1) is 18.4. The van der Waals surface area contributed by atoms with Crippen LogP contribution in [-0.2, 0) is 0 Å². The van der Waals surface area contributed by atoms with Crippen molar-refractivity contribution in [2.24, 2.45) is 0 Å². The summed E-state index contributed by atoms with van der Waals surface area (Å²) in [4.78, 5) is 20.7. The lowest BCUT2D eigenvalue weighted by Crippen LogP contribution is -2.35. The Morgan fingerprint density at radius 3 is 2.96 bits per heavy atom. The van der Waals surface area contributed by atoms with E-state index in [0.717, 1.165) is 23.6 Å². The first-order valence-corrected chi connectivity index (χ1v) is 9.47. The fourth-order valence-corrected chi connectivity index (χ4v) is 3.53. The number of fused-ring (bicyclic) bond motifs is 1.